The van der Waals surface area contributed by atoms with Crippen molar-refractivity contribution in [3.63, 3.8) is 0 Å². The molecule has 0 aliphatic carbocycles. The van der Waals surface area contributed by atoms with Crippen molar-refractivity contribution in [2.24, 2.45) is 0 Å². The van der Waals surface area contributed by atoms with E-state index >= 15 is 0 Å². The van der Waals surface area contributed by atoms with Crippen LogP contribution in [-0.4, -0.2) is 17.3 Å². The molecular weight excluding hydrogens is 272 g/mol. The molecule has 0 spiro atoms. The molecule has 0 unspecified atom stereocenters. The molecule has 21 heavy (non-hydrogen) atoms. The van der Waals surface area contributed by atoms with Crippen LogP contribution >= 0.6 is 0 Å². The number of nitrogens with zero attached hydrogens (tertiary/aromatic N) is 1. The van der Waals surface area contributed by atoms with Gasteiger partial charge < -0.3 is 19.8 Å². The summed E-state index contributed by atoms with van der Waals surface area (Å²) < 4.78 is 11.3. The lowest BCUT2D eigenvalue weighted by atomic mass is 10.2. The summed E-state index contributed by atoms with van der Waals surface area (Å²) in [6.45, 7) is -0.00425. The lowest BCUT2D eigenvalue weighted by Gasteiger charge is -2.08. The second-order valence-corrected chi connectivity index (χ2v) is 4.40. The molecule has 0 aliphatic heterocycles. The molecule has 2 N–H and O–H groups in total. The zero-order chi connectivity index (χ0) is 15.1. The van der Waals surface area contributed by atoms with Crippen molar-refractivity contribution in [1.29, 1.82) is 0 Å². The van der Waals surface area contributed by atoms with E-state index in [2.05, 4.69) is 0 Å². The van der Waals surface area contributed by atoms with Gasteiger partial charge in [-0.25, -0.2) is 0 Å². The van der Waals surface area contributed by atoms with E-state index in [-0.39, 0.29) is 18.9 Å². The summed E-state index contributed by atoms with van der Waals surface area (Å²) in [5.74, 6) is -0.559. The van der Waals surface area contributed by atoms with Gasteiger partial charge in [0.1, 0.15) is 6.54 Å². The Labute approximate surface area is 121 Å². The Bertz CT molecular complexity index is 652. The van der Waals surface area contributed by atoms with Crippen LogP contribution in [0.3, 0.4) is 0 Å². The molecule has 2 aromatic rings. The molecule has 0 aliphatic rings. The highest BCUT2D eigenvalue weighted by Gasteiger charge is 2.06. The fraction of sp³-hybridized carbons (Fsp3) is 0.200. The Morgan fingerprint density at radius 1 is 1.14 bits per heavy atom. The Morgan fingerprint density at radius 2 is 1.90 bits per heavy atom. The molecule has 0 bridgehead atoms. The lowest BCUT2D eigenvalue weighted by Crippen LogP contribution is -2.25. The van der Waals surface area contributed by atoms with Gasteiger partial charge in [0.15, 0.2) is 6.79 Å². The molecular formula is C15H16N2O4. The number of hydrogen-bond acceptors (Lipinski definition) is 5. The molecule has 1 aromatic heterocycles. The van der Waals surface area contributed by atoms with Gasteiger partial charge in [-0.05, 0) is 11.6 Å². The SMILES string of the molecule is Nc1ccc(=O)n(CC(=O)OCOCc2ccccc2)c1. The smallest absolute Gasteiger partial charge is 0.328 e. The Morgan fingerprint density at radius 3 is 2.67 bits per heavy atom. The number of aromatic nitrogens is 1. The van der Waals surface area contributed by atoms with Crippen molar-refractivity contribution in [1.82, 2.24) is 4.57 Å². The molecule has 0 atom stereocenters. The number of pyridine rings is 1. The molecule has 1 aromatic carbocycles. The second-order valence-electron chi connectivity index (χ2n) is 4.40. The van der Waals surface area contributed by atoms with Crippen LogP contribution in [0.5, 0.6) is 0 Å². The average Bonchev–Trinajstić information content (AvgIpc) is 2.48. The lowest BCUT2D eigenvalue weighted by molar-refractivity contribution is -0.158. The van der Waals surface area contributed by atoms with E-state index in [4.69, 9.17) is 15.2 Å². The maximum Gasteiger partial charge on any atom is 0.328 e. The fourth-order valence-electron chi connectivity index (χ4n) is 1.70. The van der Waals surface area contributed by atoms with E-state index in [0.717, 1.165) is 5.56 Å². The molecule has 0 saturated heterocycles. The van der Waals surface area contributed by atoms with Crippen LogP contribution in [0.4, 0.5) is 5.69 Å². The van der Waals surface area contributed by atoms with Gasteiger partial charge >= 0.3 is 5.97 Å². The van der Waals surface area contributed by atoms with Crippen molar-refractivity contribution < 1.29 is 14.3 Å². The first kappa shape index (κ1) is 14.8. The van der Waals surface area contributed by atoms with Gasteiger partial charge in [-0.2, -0.15) is 0 Å². The first-order valence-electron chi connectivity index (χ1n) is 6.38. The quantitative estimate of drug-likeness (QED) is 0.489. The highest BCUT2D eigenvalue weighted by atomic mass is 16.7. The normalized spacial score (nSPS) is 10.3. The minimum Gasteiger partial charge on any atom is -0.437 e. The van der Waals surface area contributed by atoms with Crippen molar-refractivity contribution in [2.75, 3.05) is 12.5 Å². The van der Waals surface area contributed by atoms with E-state index in [1.165, 1.54) is 22.9 Å². The van der Waals surface area contributed by atoms with Crippen LogP contribution in [0.2, 0.25) is 0 Å². The van der Waals surface area contributed by atoms with Gasteiger partial charge in [0, 0.05) is 18.0 Å². The number of hydrogen-bond donors (Lipinski definition) is 1. The van der Waals surface area contributed by atoms with E-state index in [1.54, 1.807) is 0 Å². The molecule has 0 amide bonds. The number of rotatable bonds is 6. The summed E-state index contributed by atoms with van der Waals surface area (Å²) in [6.07, 6.45) is 1.40. The molecule has 1 heterocycles. The van der Waals surface area contributed by atoms with Crippen molar-refractivity contribution >= 4 is 11.7 Å². The number of carbonyl (C=O) groups excluding carboxylic acids is 1. The monoisotopic (exact) mass is 288 g/mol. The highest BCUT2D eigenvalue weighted by molar-refractivity contribution is 5.69. The summed E-state index contributed by atoms with van der Waals surface area (Å²) in [6, 6.07) is 12.3. The standard InChI is InChI=1S/C15H16N2O4/c16-13-6-7-14(18)17(8-13)9-15(19)21-11-20-10-12-4-2-1-3-5-12/h1-8H,9-11,16H2. The Kier molecular flexibility index (Phi) is 5.11. The van der Waals surface area contributed by atoms with Crippen LogP contribution in [0.1, 0.15) is 5.56 Å². The number of anilines is 1. The topological polar surface area (TPSA) is 83.6 Å². The Hall–Kier alpha value is -2.60. The summed E-state index contributed by atoms with van der Waals surface area (Å²) in [5.41, 5.74) is 6.63. The molecule has 0 saturated carbocycles. The van der Waals surface area contributed by atoms with Crippen LogP contribution in [0, 0.1) is 0 Å². The number of benzene rings is 1. The first-order chi connectivity index (χ1) is 10.1. The molecule has 2 rings (SSSR count). The molecule has 0 fully saturated rings. The predicted octanol–water partition coefficient (Wildman–Crippen LogP) is 1.15. The van der Waals surface area contributed by atoms with Crippen molar-refractivity contribution in [3.8, 4) is 0 Å². The number of nitrogens with two attached hydrogens (primary N) is 1. The fourth-order valence-corrected chi connectivity index (χ4v) is 1.70. The number of carbonyl (C=O) groups is 1. The average molecular weight is 288 g/mol. The van der Waals surface area contributed by atoms with Crippen LogP contribution in [0.15, 0.2) is 53.5 Å². The number of nitrogen functional groups attached to an aromatic ring is 1. The van der Waals surface area contributed by atoms with Gasteiger partial charge in [0.25, 0.3) is 5.56 Å². The number of ether oxygens (including phenoxy) is 2. The summed E-state index contributed by atoms with van der Waals surface area (Å²) in [5, 5.41) is 0. The minimum absolute atomic E-state index is 0.162. The van der Waals surface area contributed by atoms with E-state index in [1.807, 2.05) is 30.3 Å². The molecule has 6 nitrogen and oxygen atoms in total. The van der Waals surface area contributed by atoms with E-state index in [0.29, 0.717) is 12.3 Å². The van der Waals surface area contributed by atoms with Gasteiger partial charge in [-0.15, -0.1) is 0 Å². The first-order valence-corrected chi connectivity index (χ1v) is 6.38. The van der Waals surface area contributed by atoms with Crippen LogP contribution in [0.25, 0.3) is 0 Å². The molecule has 0 radical (unpaired) electrons. The maximum atomic E-state index is 11.6. The van der Waals surface area contributed by atoms with Crippen LogP contribution in [-0.2, 0) is 27.4 Å². The van der Waals surface area contributed by atoms with Gasteiger partial charge in [-0.1, -0.05) is 30.3 Å². The summed E-state index contributed by atoms with van der Waals surface area (Å²) in [4.78, 5) is 23.1. The number of esters is 1. The predicted molar refractivity (Wildman–Crippen MR) is 77.3 cm³/mol. The van der Waals surface area contributed by atoms with E-state index in [9.17, 15) is 9.59 Å². The van der Waals surface area contributed by atoms with Gasteiger partial charge in [-0.3, -0.25) is 9.59 Å². The summed E-state index contributed by atoms with van der Waals surface area (Å²) >= 11 is 0. The van der Waals surface area contributed by atoms with E-state index < -0.39 is 5.97 Å². The largest absolute Gasteiger partial charge is 0.437 e. The molecule has 110 valence electrons. The minimum atomic E-state index is -0.559. The van der Waals surface area contributed by atoms with Crippen LogP contribution < -0.4 is 11.3 Å². The zero-order valence-corrected chi connectivity index (χ0v) is 11.4. The summed E-state index contributed by atoms with van der Waals surface area (Å²) in [7, 11) is 0. The Balaban J connectivity index is 1.75. The molecule has 6 heteroatoms. The van der Waals surface area contributed by atoms with Crippen molar-refractivity contribution in [2.45, 2.75) is 13.2 Å². The van der Waals surface area contributed by atoms with Gasteiger partial charge in [0.05, 0.1) is 6.61 Å². The third-order valence-corrected chi connectivity index (χ3v) is 2.72. The second kappa shape index (κ2) is 7.25. The third-order valence-electron chi connectivity index (χ3n) is 2.72. The van der Waals surface area contributed by atoms with Crippen molar-refractivity contribution in [3.05, 3.63) is 64.6 Å². The maximum absolute atomic E-state index is 11.6. The highest BCUT2D eigenvalue weighted by Crippen LogP contribution is 2.01. The van der Waals surface area contributed by atoms with Gasteiger partial charge in [0.2, 0.25) is 0 Å². The third kappa shape index (κ3) is 4.77. The zero-order valence-electron chi connectivity index (χ0n) is 11.4.